The molecule has 2 atom stereocenters. The summed E-state index contributed by atoms with van der Waals surface area (Å²) in [5, 5.41) is 3.13. The van der Waals surface area contributed by atoms with Crippen LogP contribution in [-0.4, -0.2) is 67.9 Å². The second kappa shape index (κ2) is 9.75. The van der Waals surface area contributed by atoms with Gasteiger partial charge in [-0.15, -0.1) is 0 Å². The van der Waals surface area contributed by atoms with Crippen molar-refractivity contribution < 1.29 is 18.4 Å². The van der Waals surface area contributed by atoms with E-state index in [0.717, 1.165) is 49.9 Å². The van der Waals surface area contributed by atoms with Crippen molar-refractivity contribution in [2.24, 2.45) is 5.92 Å². The molecule has 2 saturated heterocycles. The van der Waals surface area contributed by atoms with Crippen molar-refractivity contribution in [2.75, 3.05) is 51.2 Å². The third-order valence-electron chi connectivity index (χ3n) is 6.21. The summed E-state index contributed by atoms with van der Waals surface area (Å²) in [7, 11) is 2.10. The van der Waals surface area contributed by atoms with Crippen LogP contribution in [0.3, 0.4) is 0 Å². The maximum Gasteiger partial charge on any atom is 0.227 e. The molecule has 0 aromatic heterocycles. The van der Waals surface area contributed by atoms with Gasteiger partial charge in [0.25, 0.3) is 0 Å². The predicted octanol–water partition coefficient (Wildman–Crippen LogP) is 2.42. The highest BCUT2D eigenvalue weighted by Crippen LogP contribution is 2.27. The molecule has 8 heteroatoms. The van der Waals surface area contributed by atoms with Crippen LogP contribution in [0, 0.1) is 17.6 Å². The zero-order chi connectivity index (χ0) is 22.7. The molecule has 2 aliphatic rings. The average molecular weight is 443 g/mol. The van der Waals surface area contributed by atoms with E-state index in [0.29, 0.717) is 6.54 Å². The van der Waals surface area contributed by atoms with Gasteiger partial charge in [0.1, 0.15) is 11.6 Å². The van der Waals surface area contributed by atoms with Gasteiger partial charge < -0.3 is 15.1 Å². The van der Waals surface area contributed by atoms with E-state index in [1.165, 1.54) is 4.90 Å². The summed E-state index contributed by atoms with van der Waals surface area (Å²) in [5.74, 6) is -2.62. The first-order valence-electron chi connectivity index (χ1n) is 10.9. The van der Waals surface area contributed by atoms with E-state index in [-0.39, 0.29) is 36.5 Å². The molecule has 1 N–H and O–H groups in total. The molecule has 4 rings (SSSR count). The van der Waals surface area contributed by atoms with Crippen LogP contribution in [0.15, 0.2) is 48.5 Å². The standard InChI is InChI=1S/C24H28F2N4O2/c1-28-7-9-29(10-8-28)16-22(17-5-3-2-4-6-17)27-24(32)18-11-23(31)30(15-18)21-13-19(25)12-20(26)14-21/h2-6,12-14,18,22H,7-11,15-16H2,1H3,(H,27,32). The monoisotopic (exact) mass is 442 g/mol. The molecule has 2 fully saturated rings. The molecule has 32 heavy (non-hydrogen) atoms. The highest BCUT2D eigenvalue weighted by Gasteiger charge is 2.36. The second-order valence-corrected chi connectivity index (χ2v) is 8.61. The highest BCUT2D eigenvalue weighted by molar-refractivity contribution is 6.00. The van der Waals surface area contributed by atoms with Gasteiger partial charge in [-0.2, -0.15) is 0 Å². The van der Waals surface area contributed by atoms with Crippen molar-refractivity contribution in [3.63, 3.8) is 0 Å². The minimum atomic E-state index is -0.753. The van der Waals surface area contributed by atoms with E-state index in [1.807, 2.05) is 30.3 Å². The number of rotatable bonds is 6. The number of carbonyl (C=O) groups excluding carboxylic acids is 2. The van der Waals surface area contributed by atoms with Gasteiger partial charge in [-0.1, -0.05) is 30.3 Å². The van der Waals surface area contributed by atoms with Crippen LogP contribution in [0.4, 0.5) is 14.5 Å². The third-order valence-corrected chi connectivity index (χ3v) is 6.21. The van der Waals surface area contributed by atoms with E-state index in [9.17, 15) is 18.4 Å². The number of hydrogen-bond acceptors (Lipinski definition) is 4. The molecular weight excluding hydrogens is 414 g/mol. The van der Waals surface area contributed by atoms with Gasteiger partial charge in [0.2, 0.25) is 11.8 Å². The maximum absolute atomic E-state index is 13.6. The number of nitrogens with zero attached hydrogens (tertiary/aromatic N) is 3. The van der Waals surface area contributed by atoms with Gasteiger partial charge in [0.15, 0.2) is 0 Å². The molecule has 0 spiro atoms. The number of carbonyl (C=O) groups is 2. The third kappa shape index (κ3) is 5.31. The van der Waals surface area contributed by atoms with Gasteiger partial charge in [-0.25, -0.2) is 8.78 Å². The number of piperazine rings is 1. The Hall–Kier alpha value is -2.84. The smallest absolute Gasteiger partial charge is 0.227 e. The first-order valence-corrected chi connectivity index (χ1v) is 10.9. The van der Waals surface area contributed by atoms with Crippen LogP contribution in [-0.2, 0) is 9.59 Å². The number of anilines is 1. The zero-order valence-electron chi connectivity index (χ0n) is 18.1. The average Bonchev–Trinajstić information content (AvgIpc) is 3.16. The van der Waals surface area contributed by atoms with Crippen LogP contribution < -0.4 is 10.2 Å². The number of nitrogens with one attached hydrogen (secondary N) is 1. The molecule has 2 aliphatic heterocycles. The Bertz CT molecular complexity index is 943. The van der Waals surface area contributed by atoms with Crippen molar-refractivity contribution in [3.8, 4) is 0 Å². The van der Waals surface area contributed by atoms with Crippen LogP contribution in [0.5, 0.6) is 0 Å². The minimum Gasteiger partial charge on any atom is -0.348 e. The van der Waals surface area contributed by atoms with E-state index < -0.39 is 17.6 Å². The summed E-state index contributed by atoms with van der Waals surface area (Å²) < 4.78 is 27.2. The van der Waals surface area contributed by atoms with E-state index >= 15 is 0 Å². The lowest BCUT2D eigenvalue weighted by molar-refractivity contribution is -0.127. The van der Waals surface area contributed by atoms with Gasteiger partial charge in [0, 0.05) is 57.4 Å². The molecule has 0 bridgehead atoms. The lowest BCUT2D eigenvalue weighted by atomic mass is 10.0. The Morgan fingerprint density at radius 1 is 1.06 bits per heavy atom. The van der Waals surface area contributed by atoms with E-state index in [2.05, 4.69) is 22.2 Å². The van der Waals surface area contributed by atoms with Crippen molar-refractivity contribution in [2.45, 2.75) is 12.5 Å². The predicted molar refractivity (Wildman–Crippen MR) is 118 cm³/mol. The summed E-state index contributed by atoms with van der Waals surface area (Å²) in [6.07, 6.45) is 0.0139. The molecule has 0 radical (unpaired) electrons. The fourth-order valence-corrected chi connectivity index (χ4v) is 4.33. The first kappa shape index (κ1) is 22.4. The van der Waals surface area contributed by atoms with E-state index in [4.69, 9.17) is 0 Å². The Labute approximate surface area is 186 Å². The summed E-state index contributed by atoms with van der Waals surface area (Å²) in [4.78, 5) is 31.5. The van der Waals surface area contributed by atoms with Gasteiger partial charge >= 0.3 is 0 Å². The molecule has 6 nitrogen and oxygen atoms in total. The zero-order valence-corrected chi connectivity index (χ0v) is 18.1. The molecule has 2 aromatic carbocycles. The molecule has 2 unspecified atom stereocenters. The van der Waals surface area contributed by atoms with Gasteiger partial charge in [-0.05, 0) is 24.7 Å². The fraction of sp³-hybridized carbons (Fsp3) is 0.417. The van der Waals surface area contributed by atoms with Crippen LogP contribution in [0.1, 0.15) is 18.0 Å². The SMILES string of the molecule is CN1CCN(CC(NC(=O)C2CC(=O)N(c3cc(F)cc(F)c3)C2)c2ccccc2)CC1. The van der Waals surface area contributed by atoms with E-state index in [1.54, 1.807) is 0 Å². The Balaban J connectivity index is 1.45. The summed E-state index contributed by atoms with van der Waals surface area (Å²) in [6, 6.07) is 12.6. The molecule has 0 aliphatic carbocycles. The Kier molecular flexibility index (Phi) is 6.81. The van der Waals surface area contributed by atoms with Crippen LogP contribution in [0.2, 0.25) is 0 Å². The molecular formula is C24H28F2N4O2. The molecule has 170 valence electrons. The molecule has 2 amide bonds. The normalized spacial score (nSPS) is 21.0. The van der Waals surface area contributed by atoms with Crippen molar-refractivity contribution in [1.82, 2.24) is 15.1 Å². The quantitative estimate of drug-likeness (QED) is 0.747. The number of likely N-dealkylation sites (N-methyl/N-ethyl adjacent to an activating group) is 1. The summed E-state index contributed by atoms with van der Waals surface area (Å²) in [5.41, 5.74) is 1.15. The van der Waals surface area contributed by atoms with Crippen LogP contribution >= 0.6 is 0 Å². The van der Waals surface area contributed by atoms with Crippen LogP contribution in [0.25, 0.3) is 0 Å². The van der Waals surface area contributed by atoms with Gasteiger partial charge in [0.05, 0.1) is 12.0 Å². The first-order chi connectivity index (χ1) is 15.4. The van der Waals surface area contributed by atoms with Crippen molar-refractivity contribution in [3.05, 3.63) is 65.7 Å². The molecule has 2 heterocycles. The number of benzene rings is 2. The Morgan fingerprint density at radius 3 is 2.38 bits per heavy atom. The largest absolute Gasteiger partial charge is 0.348 e. The lowest BCUT2D eigenvalue weighted by Gasteiger charge is -2.35. The number of amides is 2. The Morgan fingerprint density at radius 2 is 1.72 bits per heavy atom. The minimum absolute atomic E-state index is 0.0139. The second-order valence-electron chi connectivity index (χ2n) is 8.61. The highest BCUT2D eigenvalue weighted by atomic mass is 19.1. The number of hydrogen-bond donors (Lipinski definition) is 1. The fourth-order valence-electron chi connectivity index (χ4n) is 4.33. The summed E-state index contributed by atoms with van der Waals surface area (Å²) >= 11 is 0. The topological polar surface area (TPSA) is 55.9 Å². The maximum atomic E-state index is 13.6. The molecule has 2 aromatic rings. The number of halogens is 2. The van der Waals surface area contributed by atoms with Crippen molar-refractivity contribution in [1.29, 1.82) is 0 Å². The lowest BCUT2D eigenvalue weighted by Crippen LogP contribution is -2.48. The van der Waals surface area contributed by atoms with Gasteiger partial charge in [-0.3, -0.25) is 14.5 Å². The summed E-state index contributed by atoms with van der Waals surface area (Å²) in [6.45, 7) is 4.59. The molecule has 0 saturated carbocycles. The van der Waals surface area contributed by atoms with Crippen molar-refractivity contribution >= 4 is 17.5 Å².